The van der Waals surface area contributed by atoms with Gasteiger partial charge in [-0.3, -0.25) is 14.4 Å². The summed E-state index contributed by atoms with van der Waals surface area (Å²) in [5.41, 5.74) is 1.59. The second-order valence-corrected chi connectivity index (χ2v) is 6.23. The molecule has 1 aliphatic carbocycles. The Hall–Kier alpha value is -3.80. The van der Waals surface area contributed by atoms with Crippen molar-refractivity contribution in [3.8, 4) is 5.75 Å². The summed E-state index contributed by atoms with van der Waals surface area (Å²) >= 11 is 0. The van der Waals surface area contributed by atoms with Gasteiger partial charge in [0.05, 0.1) is 0 Å². The van der Waals surface area contributed by atoms with Crippen LogP contribution in [0.3, 0.4) is 0 Å². The molecular formula is C22H14FNO4. The van der Waals surface area contributed by atoms with Gasteiger partial charge in [0.15, 0.2) is 29.7 Å². The maximum absolute atomic E-state index is 13.5. The molecule has 4 rings (SSSR count). The van der Waals surface area contributed by atoms with E-state index in [4.69, 9.17) is 4.74 Å². The number of ether oxygens (including phenoxy) is 1. The van der Waals surface area contributed by atoms with E-state index in [1.165, 1.54) is 30.3 Å². The minimum atomic E-state index is -0.563. The fourth-order valence-corrected chi connectivity index (χ4v) is 3.08. The largest absolute Gasteiger partial charge is 0.481 e. The smallest absolute Gasteiger partial charge is 0.262 e. The van der Waals surface area contributed by atoms with Crippen LogP contribution in [0.5, 0.6) is 5.75 Å². The zero-order valence-electron chi connectivity index (χ0n) is 14.6. The van der Waals surface area contributed by atoms with Crippen molar-refractivity contribution >= 4 is 23.2 Å². The van der Waals surface area contributed by atoms with Crippen LogP contribution in [0.2, 0.25) is 0 Å². The summed E-state index contributed by atoms with van der Waals surface area (Å²) in [4.78, 5) is 37.4. The zero-order chi connectivity index (χ0) is 19.7. The third kappa shape index (κ3) is 3.16. The quantitative estimate of drug-likeness (QED) is 0.591. The highest BCUT2D eigenvalue weighted by molar-refractivity contribution is 6.28. The third-order valence-corrected chi connectivity index (χ3v) is 4.40. The van der Waals surface area contributed by atoms with Gasteiger partial charge in [-0.15, -0.1) is 0 Å². The zero-order valence-corrected chi connectivity index (χ0v) is 14.6. The van der Waals surface area contributed by atoms with Crippen LogP contribution in [0.25, 0.3) is 0 Å². The van der Waals surface area contributed by atoms with Crippen molar-refractivity contribution in [3.05, 3.63) is 94.8 Å². The van der Waals surface area contributed by atoms with Crippen LogP contribution >= 0.6 is 0 Å². The topological polar surface area (TPSA) is 72.5 Å². The van der Waals surface area contributed by atoms with Crippen LogP contribution in [-0.4, -0.2) is 24.1 Å². The molecule has 0 aromatic heterocycles. The fourth-order valence-electron chi connectivity index (χ4n) is 3.08. The van der Waals surface area contributed by atoms with Crippen molar-refractivity contribution < 1.29 is 23.5 Å². The van der Waals surface area contributed by atoms with E-state index in [1.807, 2.05) is 0 Å². The summed E-state index contributed by atoms with van der Waals surface area (Å²) < 4.78 is 18.7. The van der Waals surface area contributed by atoms with E-state index in [0.29, 0.717) is 22.4 Å². The Bertz CT molecular complexity index is 1120. The minimum absolute atomic E-state index is 0.0273. The van der Waals surface area contributed by atoms with E-state index in [-0.39, 0.29) is 22.9 Å². The Morgan fingerprint density at radius 2 is 1.43 bits per heavy atom. The second-order valence-electron chi connectivity index (χ2n) is 6.23. The highest BCUT2D eigenvalue weighted by Crippen LogP contribution is 2.29. The van der Waals surface area contributed by atoms with Crippen molar-refractivity contribution in [1.82, 2.24) is 0 Å². The second kappa shape index (κ2) is 7.08. The highest BCUT2D eigenvalue weighted by atomic mass is 19.1. The predicted octanol–water partition coefficient (Wildman–Crippen LogP) is 3.62. The van der Waals surface area contributed by atoms with Crippen molar-refractivity contribution in [2.45, 2.75) is 0 Å². The van der Waals surface area contributed by atoms with E-state index in [9.17, 15) is 18.8 Å². The number of carbonyl (C=O) groups excluding carboxylic acids is 3. The van der Waals surface area contributed by atoms with Gasteiger partial charge in [0.1, 0.15) is 0 Å². The third-order valence-electron chi connectivity index (χ3n) is 4.40. The highest BCUT2D eigenvalue weighted by Gasteiger charge is 2.29. The molecule has 0 bridgehead atoms. The van der Waals surface area contributed by atoms with Crippen LogP contribution < -0.4 is 10.1 Å². The lowest BCUT2D eigenvalue weighted by atomic mass is 9.84. The van der Waals surface area contributed by atoms with E-state index in [2.05, 4.69) is 5.32 Å². The summed E-state index contributed by atoms with van der Waals surface area (Å²) in [6.07, 6.45) is 0. The first-order valence-corrected chi connectivity index (χ1v) is 8.54. The van der Waals surface area contributed by atoms with Crippen molar-refractivity contribution in [3.63, 3.8) is 0 Å². The summed E-state index contributed by atoms with van der Waals surface area (Å²) in [5, 5.41) is 2.59. The van der Waals surface area contributed by atoms with Crippen molar-refractivity contribution in [2.75, 3.05) is 11.9 Å². The van der Waals surface area contributed by atoms with Gasteiger partial charge in [0.25, 0.3) is 5.91 Å². The molecule has 0 radical (unpaired) electrons. The van der Waals surface area contributed by atoms with E-state index < -0.39 is 18.3 Å². The Morgan fingerprint density at radius 3 is 2.14 bits per heavy atom. The first kappa shape index (κ1) is 17.6. The fraction of sp³-hybridized carbons (Fsp3) is 0.0455. The molecule has 0 spiro atoms. The molecule has 0 aliphatic heterocycles. The molecule has 0 saturated carbocycles. The monoisotopic (exact) mass is 375 g/mol. The van der Waals surface area contributed by atoms with Gasteiger partial charge in [-0.1, -0.05) is 36.4 Å². The average molecular weight is 375 g/mol. The lowest BCUT2D eigenvalue weighted by Crippen LogP contribution is -2.23. The molecule has 3 aromatic carbocycles. The number of carbonyl (C=O) groups is 3. The molecule has 28 heavy (non-hydrogen) atoms. The molecule has 0 unspecified atom stereocenters. The molecule has 0 saturated heterocycles. The van der Waals surface area contributed by atoms with Crippen LogP contribution in [0.4, 0.5) is 10.1 Å². The van der Waals surface area contributed by atoms with Gasteiger partial charge in [-0.25, -0.2) is 4.39 Å². The number of rotatable bonds is 4. The molecule has 1 N–H and O–H groups in total. The van der Waals surface area contributed by atoms with Gasteiger partial charge < -0.3 is 10.1 Å². The van der Waals surface area contributed by atoms with Gasteiger partial charge >= 0.3 is 0 Å². The summed E-state index contributed by atoms with van der Waals surface area (Å²) in [6.45, 7) is -0.395. The van der Waals surface area contributed by atoms with Gasteiger partial charge in [0.2, 0.25) is 0 Å². The van der Waals surface area contributed by atoms with Gasteiger partial charge in [-0.2, -0.15) is 0 Å². The average Bonchev–Trinajstić information content (AvgIpc) is 2.71. The molecule has 5 nitrogen and oxygen atoms in total. The van der Waals surface area contributed by atoms with Crippen molar-refractivity contribution in [2.24, 2.45) is 0 Å². The molecular weight excluding hydrogens is 361 g/mol. The maximum atomic E-state index is 13.5. The van der Waals surface area contributed by atoms with Crippen LogP contribution in [0.15, 0.2) is 66.7 Å². The number of hydrogen-bond acceptors (Lipinski definition) is 4. The van der Waals surface area contributed by atoms with E-state index >= 15 is 0 Å². The number of halogens is 1. The number of benzene rings is 3. The van der Waals surface area contributed by atoms with Crippen LogP contribution in [0, 0.1) is 5.82 Å². The number of anilines is 1. The molecule has 1 aliphatic rings. The lowest BCUT2D eigenvalue weighted by Gasteiger charge is -2.18. The molecule has 138 valence electrons. The number of hydrogen-bond donors (Lipinski definition) is 1. The van der Waals surface area contributed by atoms with E-state index in [1.54, 1.807) is 36.4 Å². The Kier molecular flexibility index (Phi) is 4.45. The maximum Gasteiger partial charge on any atom is 0.262 e. The summed E-state index contributed by atoms with van der Waals surface area (Å²) in [5.74, 6) is -1.61. The molecule has 3 aromatic rings. The SMILES string of the molecule is O=C(COc1ccccc1F)Nc1ccc2c(c1)C(=O)c1ccccc1C2=O. The summed E-state index contributed by atoms with van der Waals surface area (Å²) in [6, 6.07) is 16.9. The first-order chi connectivity index (χ1) is 13.5. The molecule has 0 fully saturated rings. The minimum Gasteiger partial charge on any atom is -0.481 e. The van der Waals surface area contributed by atoms with E-state index in [0.717, 1.165) is 0 Å². The van der Waals surface area contributed by atoms with Crippen LogP contribution in [0.1, 0.15) is 31.8 Å². The molecule has 0 heterocycles. The number of fused-ring (bicyclic) bond motifs is 2. The van der Waals surface area contributed by atoms with Gasteiger partial charge in [0, 0.05) is 27.9 Å². The molecule has 1 amide bonds. The first-order valence-electron chi connectivity index (χ1n) is 8.54. The predicted molar refractivity (Wildman–Crippen MR) is 100 cm³/mol. The Morgan fingerprint density at radius 1 is 0.821 bits per heavy atom. The standard InChI is InChI=1S/C22H14FNO4/c23-18-7-3-4-8-19(18)28-12-20(25)24-13-9-10-16-17(11-13)22(27)15-6-2-1-5-14(15)21(16)26/h1-11H,12H2,(H,24,25). The molecule has 0 atom stereocenters. The molecule has 6 heteroatoms. The summed E-state index contributed by atoms with van der Waals surface area (Å²) in [7, 11) is 0. The normalized spacial score (nSPS) is 12.2. The number of ketones is 2. The van der Waals surface area contributed by atoms with Gasteiger partial charge in [-0.05, 0) is 30.3 Å². The number of amides is 1. The van der Waals surface area contributed by atoms with Crippen LogP contribution in [-0.2, 0) is 4.79 Å². The Labute approximate surface area is 159 Å². The van der Waals surface area contributed by atoms with Crippen molar-refractivity contribution in [1.29, 1.82) is 0 Å². The Balaban J connectivity index is 1.51. The lowest BCUT2D eigenvalue weighted by molar-refractivity contribution is -0.118. The number of para-hydroxylation sites is 1. The number of nitrogens with one attached hydrogen (secondary N) is 1.